The van der Waals surface area contributed by atoms with E-state index < -0.39 is 0 Å². The number of benzene rings is 3. The van der Waals surface area contributed by atoms with Crippen molar-refractivity contribution in [1.82, 2.24) is 0 Å². The fourth-order valence-corrected chi connectivity index (χ4v) is 3.86. The summed E-state index contributed by atoms with van der Waals surface area (Å²) in [5.74, 6) is 0. The number of hydrogen-bond acceptors (Lipinski definition) is 0. The van der Waals surface area contributed by atoms with Gasteiger partial charge in [0.25, 0.3) is 0 Å². The van der Waals surface area contributed by atoms with Crippen molar-refractivity contribution in [1.29, 1.82) is 0 Å². The molecule has 3 aromatic rings. The van der Waals surface area contributed by atoms with Crippen LogP contribution in [0.2, 0.25) is 0 Å². The summed E-state index contributed by atoms with van der Waals surface area (Å²) in [4.78, 5) is 0. The van der Waals surface area contributed by atoms with Crippen LogP contribution in [0.1, 0.15) is 36.5 Å². The summed E-state index contributed by atoms with van der Waals surface area (Å²) in [6, 6.07) is 32.8. The van der Waals surface area contributed by atoms with Crippen LogP contribution in [0, 0.1) is 0 Å². The first-order valence-electron chi connectivity index (χ1n) is 10.4. The van der Waals surface area contributed by atoms with E-state index in [1.807, 2.05) is 0 Å². The quantitative estimate of drug-likeness (QED) is 0.273. The van der Waals surface area contributed by atoms with Crippen molar-refractivity contribution < 1.29 is 4.48 Å². The lowest BCUT2D eigenvalue weighted by molar-refractivity contribution is -0.961. The summed E-state index contributed by atoms with van der Waals surface area (Å²) < 4.78 is 0.998. The Kier molecular flexibility index (Phi) is 7.63. The molecule has 0 N–H and O–H groups in total. The Bertz CT molecular complexity index is 720. The van der Waals surface area contributed by atoms with E-state index in [9.17, 15) is 0 Å². The van der Waals surface area contributed by atoms with Crippen LogP contribution < -0.4 is 0 Å². The molecule has 3 aromatic carbocycles. The van der Waals surface area contributed by atoms with Crippen LogP contribution >= 0.6 is 0 Å². The van der Waals surface area contributed by atoms with Crippen LogP contribution in [0.3, 0.4) is 0 Å². The van der Waals surface area contributed by atoms with Crippen LogP contribution in [-0.2, 0) is 19.6 Å². The van der Waals surface area contributed by atoms with Crippen molar-refractivity contribution in [2.45, 2.75) is 39.4 Å². The van der Waals surface area contributed by atoms with Gasteiger partial charge in [0.15, 0.2) is 0 Å². The van der Waals surface area contributed by atoms with Gasteiger partial charge in [-0.3, -0.25) is 0 Å². The lowest BCUT2D eigenvalue weighted by Gasteiger charge is -2.38. The van der Waals surface area contributed by atoms with Crippen molar-refractivity contribution >= 4 is 0 Å². The number of hydrogen-bond donors (Lipinski definition) is 0. The average Bonchev–Trinajstić information content (AvgIpc) is 2.73. The Morgan fingerprint density at radius 1 is 0.571 bits per heavy atom. The van der Waals surface area contributed by atoms with Gasteiger partial charge in [-0.2, -0.15) is 0 Å². The Hall–Kier alpha value is -2.64. The van der Waals surface area contributed by atoms with Gasteiger partial charge in [-0.05, 0) is 12.5 Å². The number of allylic oxidation sites excluding steroid dienone is 1. The monoisotopic (exact) mass is 370 g/mol. The molecular formula is C27H32N+. The molecule has 0 unspecified atom stereocenters. The molecule has 0 fully saturated rings. The van der Waals surface area contributed by atoms with Crippen molar-refractivity contribution in [3.05, 3.63) is 120 Å². The minimum absolute atomic E-state index is 0.998. The van der Waals surface area contributed by atoms with Gasteiger partial charge in [-0.15, -0.1) is 0 Å². The van der Waals surface area contributed by atoms with Crippen molar-refractivity contribution in [3.63, 3.8) is 0 Å². The predicted octanol–water partition coefficient (Wildman–Crippen LogP) is 6.76. The highest BCUT2D eigenvalue weighted by molar-refractivity contribution is 5.17. The van der Waals surface area contributed by atoms with E-state index in [1.165, 1.54) is 23.1 Å². The summed E-state index contributed by atoms with van der Waals surface area (Å²) in [7, 11) is 0. The third-order valence-corrected chi connectivity index (χ3v) is 5.20. The van der Waals surface area contributed by atoms with E-state index in [4.69, 9.17) is 0 Å². The van der Waals surface area contributed by atoms with Crippen LogP contribution in [-0.4, -0.2) is 11.0 Å². The summed E-state index contributed by atoms with van der Waals surface area (Å²) in [6.45, 7) is 6.37. The first-order valence-corrected chi connectivity index (χ1v) is 10.4. The largest absolute Gasteiger partial charge is 0.309 e. The summed E-state index contributed by atoms with van der Waals surface area (Å²) >= 11 is 0. The third kappa shape index (κ3) is 6.21. The van der Waals surface area contributed by atoms with Crippen LogP contribution in [0.15, 0.2) is 103 Å². The molecule has 1 heteroatoms. The molecule has 0 radical (unpaired) electrons. The van der Waals surface area contributed by atoms with Gasteiger partial charge in [0.2, 0.25) is 0 Å². The Labute approximate surface area is 170 Å². The summed E-state index contributed by atoms with van der Waals surface area (Å²) in [5.41, 5.74) is 4.20. The predicted molar refractivity (Wildman–Crippen MR) is 120 cm³/mol. The van der Waals surface area contributed by atoms with Gasteiger partial charge >= 0.3 is 0 Å². The Balaban J connectivity index is 1.95. The molecule has 3 rings (SSSR count). The molecule has 144 valence electrons. The second-order valence-electron chi connectivity index (χ2n) is 7.72. The summed E-state index contributed by atoms with van der Waals surface area (Å²) in [5, 5.41) is 0. The van der Waals surface area contributed by atoms with Crippen molar-refractivity contribution in [2.24, 2.45) is 0 Å². The maximum atomic E-state index is 2.40. The molecule has 0 saturated carbocycles. The van der Waals surface area contributed by atoms with Gasteiger partial charge < -0.3 is 4.48 Å². The first-order chi connectivity index (χ1) is 13.8. The Morgan fingerprint density at radius 3 is 1.32 bits per heavy atom. The van der Waals surface area contributed by atoms with Crippen LogP contribution in [0.5, 0.6) is 0 Å². The van der Waals surface area contributed by atoms with Gasteiger partial charge in [0, 0.05) is 16.7 Å². The minimum atomic E-state index is 0.998. The molecule has 0 heterocycles. The average molecular weight is 371 g/mol. The molecule has 0 atom stereocenters. The molecule has 0 aliphatic carbocycles. The molecule has 0 amide bonds. The maximum Gasteiger partial charge on any atom is 0.105 e. The molecule has 1 nitrogen and oxygen atoms in total. The lowest BCUT2D eigenvalue weighted by Crippen LogP contribution is -2.46. The fraction of sp³-hybridized carbons (Fsp3) is 0.259. The van der Waals surface area contributed by atoms with Crippen molar-refractivity contribution in [2.75, 3.05) is 6.54 Å². The standard InChI is InChI=1S/C27H32N/c1-2-3-4-14-21-28(22-25-15-8-5-9-16-25,23-26-17-10-6-11-18-26)24-27-19-12-7-13-20-27/h4-20H,2-3,21-24H2,1H3/q+1/b14-4+. The third-order valence-electron chi connectivity index (χ3n) is 5.20. The van der Waals surface area contributed by atoms with Crippen LogP contribution in [0.4, 0.5) is 0 Å². The molecule has 0 aliphatic heterocycles. The van der Waals surface area contributed by atoms with Gasteiger partial charge in [-0.25, -0.2) is 0 Å². The lowest BCUT2D eigenvalue weighted by atomic mass is 10.1. The zero-order valence-electron chi connectivity index (χ0n) is 17.0. The molecular weight excluding hydrogens is 338 g/mol. The summed E-state index contributed by atoms with van der Waals surface area (Å²) in [6.07, 6.45) is 7.11. The molecule has 0 bridgehead atoms. The highest BCUT2D eigenvalue weighted by Crippen LogP contribution is 2.24. The molecule has 28 heavy (non-hydrogen) atoms. The van der Waals surface area contributed by atoms with E-state index in [0.29, 0.717) is 0 Å². The minimum Gasteiger partial charge on any atom is -0.309 e. The first kappa shape index (κ1) is 20.1. The molecule has 0 aromatic heterocycles. The highest BCUT2D eigenvalue weighted by Gasteiger charge is 2.27. The topological polar surface area (TPSA) is 0 Å². The number of nitrogens with zero attached hydrogens (tertiary/aromatic N) is 1. The normalized spacial score (nSPS) is 11.8. The van der Waals surface area contributed by atoms with Gasteiger partial charge in [0.05, 0.1) is 6.54 Å². The molecule has 0 aliphatic rings. The fourth-order valence-electron chi connectivity index (χ4n) is 3.86. The zero-order chi connectivity index (χ0) is 19.5. The molecule has 0 saturated heterocycles. The van der Waals surface area contributed by atoms with Crippen LogP contribution in [0.25, 0.3) is 0 Å². The van der Waals surface area contributed by atoms with Gasteiger partial charge in [-0.1, -0.05) is 110 Å². The molecule has 0 spiro atoms. The van der Waals surface area contributed by atoms with Crippen molar-refractivity contribution in [3.8, 4) is 0 Å². The maximum absolute atomic E-state index is 2.40. The SMILES string of the molecule is CCC/C=C/C[N+](Cc1ccccc1)(Cc1ccccc1)Cc1ccccc1. The number of unbranched alkanes of at least 4 members (excludes halogenated alkanes) is 1. The second kappa shape index (κ2) is 10.6. The zero-order valence-corrected chi connectivity index (χ0v) is 17.0. The second-order valence-corrected chi connectivity index (χ2v) is 7.72. The van der Waals surface area contributed by atoms with E-state index in [0.717, 1.165) is 37.1 Å². The Morgan fingerprint density at radius 2 is 0.964 bits per heavy atom. The van der Waals surface area contributed by atoms with Gasteiger partial charge in [0.1, 0.15) is 19.6 Å². The smallest absolute Gasteiger partial charge is 0.105 e. The number of quaternary nitrogens is 1. The van der Waals surface area contributed by atoms with E-state index >= 15 is 0 Å². The van der Waals surface area contributed by atoms with E-state index in [1.54, 1.807) is 0 Å². The van der Waals surface area contributed by atoms with E-state index in [-0.39, 0.29) is 0 Å². The highest BCUT2D eigenvalue weighted by atomic mass is 15.3. The number of rotatable bonds is 10. The van der Waals surface area contributed by atoms with E-state index in [2.05, 4.69) is 110 Å².